The van der Waals surface area contributed by atoms with E-state index in [1.807, 2.05) is 42.5 Å². The van der Waals surface area contributed by atoms with E-state index in [-0.39, 0.29) is 12.5 Å². The van der Waals surface area contributed by atoms with Crippen molar-refractivity contribution in [2.75, 3.05) is 37.7 Å². The highest BCUT2D eigenvalue weighted by Crippen LogP contribution is 2.27. The molecule has 1 aromatic heterocycles. The molecule has 0 spiro atoms. The summed E-state index contributed by atoms with van der Waals surface area (Å²) in [5.41, 5.74) is 1.89. The molecule has 0 bridgehead atoms. The van der Waals surface area contributed by atoms with Gasteiger partial charge in [-0.05, 0) is 37.1 Å². The number of nitrogens with zero attached hydrogens (tertiary/aromatic N) is 3. The first-order chi connectivity index (χ1) is 11.5. The molecule has 1 saturated heterocycles. The first-order valence-corrected chi connectivity index (χ1v) is 9.12. The van der Waals surface area contributed by atoms with Gasteiger partial charge >= 0.3 is 0 Å². The summed E-state index contributed by atoms with van der Waals surface area (Å²) in [6, 6.07) is 3.70. The summed E-state index contributed by atoms with van der Waals surface area (Å²) < 4.78 is 5.76. The minimum atomic E-state index is 0.0162. The number of hydrogen-bond donors (Lipinski definition) is 0. The lowest BCUT2D eigenvalue weighted by atomic mass is 10.1. The van der Waals surface area contributed by atoms with Gasteiger partial charge in [-0.3, -0.25) is 4.79 Å². The van der Waals surface area contributed by atoms with Crippen molar-refractivity contribution in [3.8, 4) is 5.75 Å². The highest BCUT2D eigenvalue weighted by Gasteiger charge is 2.23. The van der Waals surface area contributed by atoms with Gasteiger partial charge in [-0.2, -0.15) is 0 Å². The number of amides is 1. The molecule has 128 valence electrons. The Labute approximate surface area is 150 Å². The number of anilines is 1. The van der Waals surface area contributed by atoms with Gasteiger partial charge in [-0.1, -0.05) is 11.6 Å². The van der Waals surface area contributed by atoms with Crippen molar-refractivity contribution < 1.29 is 9.53 Å². The van der Waals surface area contributed by atoms with Crippen LogP contribution in [0, 0.1) is 13.8 Å². The summed E-state index contributed by atoms with van der Waals surface area (Å²) in [4.78, 5) is 20.8. The number of carbonyl (C=O) groups is 1. The molecule has 3 rings (SSSR count). The van der Waals surface area contributed by atoms with Crippen LogP contribution in [0.3, 0.4) is 0 Å². The second-order valence-electron chi connectivity index (χ2n) is 5.84. The van der Waals surface area contributed by atoms with Crippen molar-refractivity contribution in [1.82, 2.24) is 9.88 Å². The third kappa shape index (κ3) is 3.82. The third-order valence-electron chi connectivity index (χ3n) is 4.09. The number of thiazole rings is 1. The zero-order valence-corrected chi connectivity index (χ0v) is 15.4. The zero-order valence-electron chi connectivity index (χ0n) is 13.8. The van der Waals surface area contributed by atoms with Gasteiger partial charge in [0.25, 0.3) is 5.91 Å². The molecule has 24 heavy (non-hydrogen) atoms. The molecule has 2 heterocycles. The van der Waals surface area contributed by atoms with E-state index in [0.717, 1.165) is 35.1 Å². The second kappa shape index (κ2) is 7.40. The fourth-order valence-corrected chi connectivity index (χ4v) is 3.89. The number of hydrogen-bond acceptors (Lipinski definition) is 5. The minimum absolute atomic E-state index is 0.0162. The molecule has 2 aromatic rings. The fourth-order valence-electron chi connectivity index (χ4n) is 2.87. The van der Waals surface area contributed by atoms with E-state index in [4.69, 9.17) is 16.3 Å². The average molecular weight is 366 g/mol. The van der Waals surface area contributed by atoms with E-state index in [0.29, 0.717) is 18.1 Å². The summed E-state index contributed by atoms with van der Waals surface area (Å²) in [6.45, 7) is 6.93. The van der Waals surface area contributed by atoms with Crippen LogP contribution < -0.4 is 9.64 Å². The highest BCUT2D eigenvalue weighted by molar-refractivity contribution is 7.13. The molecule has 7 heteroatoms. The molecule has 1 aromatic carbocycles. The van der Waals surface area contributed by atoms with Gasteiger partial charge in [0.1, 0.15) is 5.75 Å². The number of benzene rings is 1. The van der Waals surface area contributed by atoms with Crippen molar-refractivity contribution in [2.45, 2.75) is 13.8 Å². The monoisotopic (exact) mass is 365 g/mol. The highest BCUT2D eigenvalue weighted by atomic mass is 35.5. The molecule has 1 amide bonds. The molecule has 0 atom stereocenters. The van der Waals surface area contributed by atoms with Crippen LogP contribution in [0.5, 0.6) is 5.75 Å². The Morgan fingerprint density at radius 1 is 1.25 bits per heavy atom. The first-order valence-electron chi connectivity index (χ1n) is 7.86. The zero-order chi connectivity index (χ0) is 17.1. The second-order valence-corrected chi connectivity index (χ2v) is 7.15. The SMILES string of the molecule is Cc1cc(Cl)cc(C)c1OCC(=O)N1CCN(c2nccs2)CC1. The largest absolute Gasteiger partial charge is 0.483 e. The van der Waals surface area contributed by atoms with Crippen LogP contribution in [-0.2, 0) is 4.79 Å². The summed E-state index contributed by atoms with van der Waals surface area (Å²) in [5, 5.41) is 3.67. The first kappa shape index (κ1) is 17.0. The van der Waals surface area contributed by atoms with Gasteiger partial charge in [0.05, 0.1) is 0 Å². The Balaban J connectivity index is 1.53. The van der Waals surface area contributed by atoms with E-state index < -0.39 is 0 Å². The number of piperazine rings is 1. The standard InChI is InChI=1S/C17H20ClN3O2S/c1-12-9-14(18)10-13(2)16(12)23-11-15(22)20-4-6-21(7-5-20)17-19-3-8-24-17/h3,8-10H,4-7,11H2,1-2H3. The van der Waals surface area contributed by atoms with E-state index >= 15 is 0 Å². The molecule has 1 aliphatic rings. The number of ether oxygens (including phenoxy) is 1. The van der Waals surface area contributed by atoms with Gasteiger partial charge < -0.3 is 14.5 Å². The molecule has 0 aliphatic carbocycles. The van der Waals surface area contributed by atoms with Crippen LogP contribution in [0.4, 0.5) is 5.13 Å². The van der Waals surface area contributed by atoms with Crippen molar-refractivity contribution in [1.29, 1.82) is 0 Å². The predicted octanol–water partition coefficient (Wildman–Crippen LogP) is 3.14. The van der Waals surface area contributed by atoms with Gasteiger partial charge in [0, 0.05) is 42.8 Å². The number of aromatic nitrogens is 1. The topological polar surface area (TPSA) is 45.7 Å². The van der Waals surface area contributed by atoms with Crippen molar-refractivity contribution in [3.05, 3.63) is 39.9 Å². The predicted molar refractivity (Wildman–Crippen MR) is 97.3 cm³/mol. The van der Waals surface area contributed by atoms with Crippen LogP contribution >= 0.6 is 22.9 Å². The normalized spacial score (nSPS) is 14.8. The van der Waals surface area contributed by atoms with Gasteiger partial charge in [0.15, 0.2) is 11.7 Å². The third-order valence-corrected chi connectivity index (χ3v) is 5.14. The van der Waals surface area contributed by atoms with Crippen LogP contribution in [-0.4, -0.2) is 48.6 Å². The summed E-state index contributed by atoms with van der Waals surface area (Å²) in [6.07, 6.45) is 1.81. The molecule has 0 N–H and O–H groups in total. The molecule has 0 unspecified atom stereocenters. The van der Waals surface area contributed by atoms with E-state index in [1.54, 1.807) is 11.3 Å². The molecular formula is C17H20ClN3O2S. The molecule has 1 fully saturated rings. The Morgan fingerprint density at radius 3 is 2.50 bits per heavy atom. The molecule has 0 saturated carbocycles. The van der Waals surface area contributed by atoms with Crippen LogP contribution in [0.1, 0.15) is 11.1 Å². The van der Waals surface area contributed by atoms with Gasteiger partial charge in [0.2, 0.25) is 0 Å². The van der Waals surface area contributed by atoms with Gasteiger partial charge in [-0.15, -0.1) is 11.3 Å². The fraction of sp³-hybridized carbons (Fsp3) is 0.412. The summed E-state index contributed by atoms with van der Waals surface area (Å²) in [7, 11) is 0. The van der Waals surface area contributed by atoms with Crippen molar-refractivity contribution in [3.63, 3.8) is 0 Å². The smallest absolute Gasteiger partial charge is 0.260 e. The average Bonchev–Trinajstić information content (AvgIpc) is 3.08. The quantitative estimate of drug-likeness (QED) is 0.835. The molecule has 0 radical (unpaired) electrons. The molecule has 5 nitrogen and oxygen atoms in total. The lowest BCUT2D eigenvalue weighted by molar-refractivity contribution is -0.133. The Morgan fingerprint density at radius 2 is 1.92 bits per heavy atom. The lowest BCUT2D eigenvalue weighted by Crippen LogP contribution is -2.50. The maximum absolute atomic E-state index is 12.4. The van der Waals surface area contributed by atoms with E-state index in [1.165, 1.54) is 0 Å². The number of halogens is 1. The van der Waals surface area contributed by atoms with E-state index in [9.17, 15) is 4.79 Å². The lowest BCUT2D eigenvalue weighted by Gasteiger charge is -2.34. The van der Waals surface area contributed by atoms with E-state index in [2.05, 4.69) is 9.88 Å². The number of rotatable bonds is 4. The van der Waals surface area contributed by atoms with Crippen LogP contribution in [0.15, 0.2) is 23.7 Å². The number of aryl methyl sites for hydroxylation is 2. The minimum Gasteiger partial charge on any atom is -0.483 e. The van der Waals surface area contributed by atoms with Crippen LogP contribution in [0.2, 0.25) is 5.02 Å². The molecule has 1 aliphatic heterocycles. The Hall–Kier alpha value is -1.79. The Bertz CT molecular complexity index is 690. The van der Waals surface area contributed by atoms with Crippen molar-refractivity contribution >= 4 is 34.0 Å². The maximum Gasteiger partial charge on any atom is 0.260 e. The number of carbonyl (C=O) groups excluding carboxylic acids is 1. The molecular weight excluding hydrogens is 346 g/mol. The van der Waals surface area contributed by atoms with Crippen molar-refractivity contribution in [2.24, 2.45) is 0 Å². The summed E-state index contributed by atoms with van der Waals surface area (Å²) in [5.74, 6) is 0.761. The Kier molecular flexibility index (Phi) is 5.26. The maximum atomic E-state index is 12.4. The van der Waals surface area contributed by atoms with Gasteiger partial charge in [-0.25, -0.2) is 4.98 Å². The van der Waals surface area contributed by atoms with Crippen LogP contribution in [0.25, 0.3) is 0 Å². The summed E-state index contributed by atoms with van der Waals surface area (Å²) >= 11 is 7.65.